The second-order valence-corrected chi connectivity index (χ2v) is 7.16. The maximum Gasteiger partial charge on any atom is 0.227 e. The second kappa shape index (κ2) is 10.4. The van der Waals surface area contributed by atoms with Crippen molar-refractivity contribution in [3.8, 4) is 5.75 Å². The highest BCUT2D eigenvalue weighted by molar-refractivity contribution is 5.94. The van der Waals surface area contributed by atoms with Gasteiger partial charge < -0.3 is 15.0 Å². The standard InChI is InChI=1S/C23H28N2O3.ClH/c1-4-17-5-7-18(8-6-17)21-15-24-11-12-25(21)23(27)14-20-13-19(16(2)26)9-10-22(20)28-3;/h5-10,13,21,24H,4,11-12,14-15H2,1-3H3;1H. The van der Waals surface area contributed by atoms with Crippen LogP contribution in [0.2, 0.25) is 0 Å². The van der Waals surface area contributed by atoms with E-state index in [9.17, 15) is 9.59 Å². The molecule has 1 saturated heterocycles. The van der Waals surface area contributed by atoms with Crippen LogP contribution >= 0.6 is 12.4 Å². The first-order valence-corrected chi connectivity index (χ1v) is 9.80. The van der Waals surface area contributed by atoms with Crippen LogP contribution in [0.5, 0.6) is 5.75 Å². The van der Waals surface area contributed by atoms with E-state index in [0.717, 1.165) is 30.6 Å². The average Bonchev–Trinajstić information content (AvgIpc) is 2.73. The molecule has 29 heavy (non-hydrogen) atoms. The Kier molecular flexibility index (Phi) is 8.23. The van der Waals surface area contributed by atoms with Gasteiger partial charge in [-0.2, -0.15) is 0 Å². The third-order valence-electron chi connectivity index (χ3n) is 5.37. The van der Waals surface area contributed by atoms with Crippen molar-refractivity contribution in [1.82, 2.24) is 10.2 Å². The van der Waals surface area contributed by atoms with Crippen molar-refractivity contribution in [3.05, 3.63) is 64.7 Å². The number of carbonyl (C=O) groups excluding carboxylic acids is 2. The number of methoxy groups -OCH3 is 1. The number of halogens is 1. The lowest BCUT2D eigenvalue weighted by Gasteiger charge is -2.37. The van der Waals surface area contributed by atoms with E-state index in [1.54, 1.807) is 25.3 Å². The van der Waals surface area contributed by atoms with Gasteiger partial charge in [-0.25, -0.2) is 0 Å². The summed E-state index contributed by atoms with van der Waals surface area (Å²) in [4.78, 5) is 26.9. The van der Waals surface area contributed by atoms with Crippen LogP contribution in [0.25, 0.3) is 0 Å². The van der Waals surface area contributed by atoms with Crippen LogP contribution in [-0.4, -0.2) is 43.3 Å². The highest BCUT2D eigenvalue weighted by atomic mass is 35.5. The molecule has 1 unspecified atom stereocenters. The van der Waals surface area contributed by atoms with Crippen molar-refractivity contribution >= 4 is 24.1 Å². The Balaban J connectivity index is 0.00000300. The van der Waals surface area contributed by atoms with Gasteiger partial charge in [0, 0.05) is 30.8 Å². The topological polar surface area (TPSA) is 58.6 Å². The smallest absolute Gasteiger partial charge is 0.227 e. The van der Waals surface area contributed by atoms with Crippen molar-refractivity contribution in [2.45, 2.75) is 32.7 Å². The number of aryl methyl sites for hydroxylation is 1. The minimum absolute atomic E-state index is 0. The van der Waals surface area contributed by atoms with E-state index >= 15 is 0 Å². The third-order valence-corrected chi connectivity index (χ3v) is 5.37. The Bertz CT molecular complexity index is 852. The number of piperazine rings is 1. The van der Waals surface area contributed by atoms with Crippen LogP contribution in [0.4, 0.5) is 0 Å². The third kappa shape index (κ3) is 5.37. The van der Waals surface area contributed by atoms with Gasteiger partial charge in [-0.3, -0.25) is 9.59 Å². The lowest BCUT2D eigenvalue weighted by Crippen LogP contribution is -2.49. The van der Waals surface area contributed by atoms with Gasteiger partial charge in [-0.05, 0) is 42.7 Å². The predicted molar refractivity (Wildman–Crippen MR) is 117 cm³/mol. The molecule has 1 amide bonds. The lowest BCUT2D eigenvalue weighted by molar-refractivity contribution is -0.133. The summed E-state index contributed by atoms with van der Waals surface area (Å²) in [5, 5.41) is 3.39. The minimum Gasteiger partial charge on any atom is -0.496 e. The molecule has 1 aliphatic heterocycles. The molecule has 5 nitrogen and oxygen atoms in total. The maximum atomic E-state index is 13.2. The molecule has 0 radical (unpaired) electrons. The summed E-state index contributed by atoms with van der Waals surface area (Å²) in [6, 6.07) is 13.8. The fourth-order valence-electron chi connectivity index (χ4n) is 3.68. The summed E-state index contributed by atoms with van der Waals surface area (Å²) in [6.07, 6.45) is 1.21. The van der Waals surface area contributed by atoms with Gasteiger partial charge in [0.05, 0.1) is 19.6 Å². The molecule has 0 spiro atoms. The number of Topliss-reactive ketones (excluding diaryl/α,β-unsaturated/α-hetero) is 1. The van der Waals surface area contributed by atoms with E-state index in [4.69, 9.17) is 4.74 Å². The summed E-state index contributed by atoms with van der Waals surface area (Å²) < 4.78 is 5.41. The maximum absolute atomic E-state index is 13.2. The van der Waals surface area contributed by atoms with Crippen molar-refractivity contribution in [3.63, 3.8) is 0 Å². The Morgan fingerprint density at radius 1 is 1.17 bits per heavy atom. The van der Waals surface area contributed by atoms with Gasteiger partial charge in [0.15, 0.2) is 5.78 Å². The fourth-order valence-corrected chi connectivity index (χ4v) is 3.68. The van der Waals surface area contributed by atoms with Crippen LogP contribution in [0.15, 0.2) is 42.5 Å². The molecular formula is C23H29ClN2O3. The number of carbonyl (C=O) groups is 2. The summed E-state index contributed by atoms with van der Waals surface area (Å²) in [5.41, 5.74) is 3.77. The molecule has 1 aliphatic rings. The Hall–Kier alpha value is -2.37. The van der Waals surface area contributed by atoms with E-state index in [0.29, 0.717) is 17.9 Å². The first-order valence-electron chi connectivity index (χ1n) is 9.80. The number of nitrogens with one attached hydrogen (secondary N) is 1. The van der Waals surface area contributed by atoms with Crippen LogP contribution in [0, 0.1) is 0 Å². The number of rotatable bonds is 6. The number of ether oxygens (including phenoxy) is 1. The van der Waals surface area contributed by atoms with Crippen LogP contribution in [0.1, 0.15) is 46.9 Å². The van der Waals surface area contributed by atoms with Gasteiger partial charge in [0.2, 0.25) is 5.91 Å². The Morgan fingerprint density at radius 2 is 1.90 bits per heavy atom. The van der Waals surface area contributed by atoms with Gasteiger partial charge >= 0.3 is 0 Å². The molecule has 0 aliphatic carbocycles. The summed E-state index contributed by atoms with van der Waals surface area (Å²) in [6.45, 7) is 5.84. The van der Waals surface area contributed by atoms with Gasteiger partial charge in [0.1, 0.15) is 5.75 Å². The van der Waals surface area contributed by atoms with Gasteiger partial charge in [0.25, 0.3) is 0 Å². The molecule has 2 aromatic rings. The number of benzene rings is 2. The molecule has 156 valence electrons. The fraction of sp³-hybridized carbons (Fsp3) is 0.391. The molecule has 0 bridgehead atoms. The highest BCUT2D eigenvalue weighted by Gasteiger charge is 2.28. The molecule has 0 aromatic heterocycles. The Labute approximate surface area is 178 Å². The zero-order valence-corrected chi connectivity index (χ0v) is 18.1. The van der Waals surface area contributed by atoms with Crippen molar-refractivity contribution in [2.75, 3.05) is 26.7 Å². The van der Waals surface area contributed by atoms with E-state index in [1.807, 2.05) is 4.90 Å². The highest BCUT2D eigenvalue weighted by Crippen LogP contribution is 2.26. The molecule has 1 fully saturated rings. The van der Waals surface area contributed by atoms with E-state index in [2.05, 4.69) is 36.5 Å². The van der Waals surface area contributed by atoms with E-state index in [-0.39, 0.29) is 36.6 Å². The second-order valence-electron chi connectivity index (χ2n) is 7.16. The number of amides is 1. The van der Waals surface area contributed by atoms with Crippen LogP contribution in [-0.2, 0) is 17.6 Å². The summed E-state index contributed by atoms with van der Waals surface area (Å²) >= 11 is 0. The lowest BCUT2D eigenvalue weighted by atomic mass is 9.99. The quantitative estimate of drug-likeness (QED) is 0.731. The van der Waals surface area contributed by atoms with Gasteiger partial charge in [-0.1, -0.05) is 31.2 Å². The largest absolute Gasteiger partial charge is 0.496 e. The normalized spacial score (nSPS) is 16.1. The molecule has 1 atom stereocenters. The monoisotopic (exact) mass is 416 g/mol. The minimum atomic E-state index is -0.0209. The molecule has 3 rings (SSSR count). The number of hydrogen-bond donors (Lipinski definition) is 1. The van der Waals surface area contributed by atoms with Crippen molar-refractivity contribution in [2.24, 2.45) is 0 Å². The molecule has 1 N–H and O–H groups in total. The molecular weight excluding hydrogens is 388 g/mol. The molecule has 6 heteroatoms. The number of hydrogen-bond acceptors (Lipinski definition) is 4. The average molecular weight is 417 g/mol. The van der Waals surface area contributed by atoms with E-state index in [1.165, 1.54) is 12.5 Å². The van der Waals surface area contributed by atoms with Crippen molar-refractivity contribution < 1.29 is 14.3 Å². The molecule has 1 heterocycles. The van der Waals surface area contributed by atoms with Crippen LogP contribution < -0.4 is 10.1 Å². The Morgan fingerprint density at radius 3 is 2.52 bits per heavy atom. The first-order chi connectivity index (χ1) is 13.5. The van der Waals surface area contributed by atoms with Crippen LogP contribution in [0.3, 0.4) is 0 Å². The summed E-state index contributed by atoms with van der Waals surface area (Å²) in [7, 11) is 1.58. The molecule has 2 aromatic carbocycles. The molecule has 0 saturated carbocycles. The number of nitrogens with zero attached hydrogens (tertiary/aromatic N) is 1. The van der Waals surface area contributed by atoms with Crippen molar-refractivity contribution in [1.29, 1.82) is 0 Å². The zero-order valence-electron chi connectivity index (χ0n) is 17.2. The number of ketones is 1. The summed E-state index contributed by atoms with van der Waals surface area (Å²) in [5.74, 6) is 0.662. The first kappa shape index (κ1) is 22.9. The SMILES string of the molecule is CCc1ccc(C2CNCCN2C(=O)Cc2cc(C(C)=O)ccc2OC)cc1.Cl. The zero-order chi connectivity index (χ0) is 20.1. The van der Waals surface area contributed by atoms with E-state index < -0.39 is 0 Å². The van der Waals surface area contributed by atoms with Gasteiger partial charge in [-0.15, -0.1) is 12.4 Å². The predicted octanol–water partition coefficient (Wildman–Crippen LogP) is 3.60.